The van der Waals surface area contributed by atoms with Crippen molar-refractivity contribution in [2.75, 3.05) is 13.6 Å². The van der Waals surface area contributed by atoms with Crippen molar-refractivity contribution in [2.45, 2.75) is 31.7 Å². The molecule has 0 aromatic heterocycles. The summed E-state index contributed by atoms with van der Waals surface area (Å²) in [5.41, 5.74) is 0.806. The van der Waals surface area contributed by atoms with E-state index in [0.717, 1.165) is 30.9 Å². The van der Waals surface area contributed by atoms with Crippen molar-refractivity contribution in [1.82, 2.24) is 10.6 Å². The third-order valence-corrected chi connectivity index (χ3v) is 3.18. The second-order valence-corrected chi connectivity index (χ2v) is 4.61. The number of hydrogen-bond acceptors (Lipinski definition) is 1. The summed E-state index contributed by atoms with van der Waals surface area (Å²) in [6.45, 7) is 3.01. The van der Waals surface area contributed by atoms with E-state index < -0.39 is 0 Å². The largest absolute Gasteiger partial charge is 0.356 e. The van der Waals surface area contributed by atoms with Crippen LogP contribution in [0.25, 0.3) is 0 Å². The van der Waals surface area contributed by atoms with Crippen molar-refractivity contribution >= 4 is 29.9 Å². The fraction of sp³-hybridized carbons (Fsp3) is 0.500. The first kappa shape index (κ1) is 16.2. The Morgan fingerprint density at radius 1 is 1.42 bits per heavy atom. The van der Waals surface area contributed by atoms with E-state index in [-0.39, 0.29) is 35.7 Å². The van der Waals surface area contributed by atoms with Gasteiger partial charge in [-0.1, -0.05) is 25.1 Å². The molecule has 1 fully saturated rings. The van der Waals surface area contributed by atoms with Crippen LogP contribution in [-0.2, 0) is 0 Å². The fourth-order valence-electron chi connectivity index (χ4n) is 2.09. The molecule has 106 valence electrons. The molecule has 5 heteroatoms. The lowest BCUT2D eigenvalue weighted by molar-refractivity contribution is 0.607. The highest BCUT2D eigenvalue weighted by molar-refractivity contribution is 14.0. The van der Waals surface area contributed by atoms with Crippen LogP contribution in [0.15, 0.2) is 29.3 Å². The van der Waals surface area contributed by atoms with Gasteiger partial charge in [-0.2, -0.15) is 0 Å². The zero-order valence-electron chi connectivity index (χ0n) is 11.3. The number of guanidine groups is 1. The molecule has 0 saturated heterocycles. The van der Waals surface area contributed by atoms with E-state index in [2.05, 4.69) is 22.5 Å². The molecule has 0 radical (unpaired) electrons. The van der Waals surface area contributed by atoms with Crippen LogP contribution in [0.4, 0.5) is 4.39 Å². The first-order chi connectivity index (χ1) is 8.76. The minimum absolute atomic E-state index is 0. The van der Waals surface area contributed by atoms with Gasteiger partial charge in [0, 0.05) is 25.6 Å². The number of nitrogens with zero attached hydrogens (tertiary/aromatic N) is 1. The standard InChI is InChI=1S/C14H20FN3.HI/c1-3-8-17-14(16-2)18-13-9-11(13)10-6-4-5-7-12(10)15;/h4-7,11,13H,3,8-9H2,1-2H3,(H2,16,17,18);1H. The third-order valence-electron chi connectivity index (χ3n) is 3.18. The number of nitrogens with one attached hydrogen (secondary N) is 2. The summed E-state index contributed by atoms with van der Waals surface area (Å²) in [6, 6.07) is 7.30. The molecule has 2 N–H and O–H groups in total. The van der Waals surface area contributed by atoms with Crippen molar-refractivity contribution in [3.8, 4) is 0 Å². The van der Waals surface area contributed by atoms with Gasteiger partial charge in [-0.3, -0.25) is 4.99 Å². The summed E-state index contributed by atoms with van der Waals surface area (Å²) in [4.78, 5) is 4.16. The Morgan fingerprint density at radius 2 is 2.16 bits per heavy atom. The molecule has 3 nitrogen and oxygen atoms in total. The molecule has 0 heterocycles. The van der Waals surface area contributed by atoms with Crippen LogP contribution < -0.4 is 10.6 Å². The molecule has 1 aromatic rings. The van der Waals surface area contributed by atoms with Gasteiger partial charge in [0.05, 0.1) is 0 Å². The van der Waals surface area contributed by atoms with Crippen LogP contribution in [0, 0.1) is 5.82 Å². The molecule has 0 bridgehead atoms. The van der Waals surface area contributed by atoms with E-state index in [1.807, 2.05) is 12.1 Å². The summed E-state index contributed by atoms with van der Waals surface area (Å²) >= 11 is 0. The van der Waals surface area contributed by atoms with Crippen molar-refractivity contribution in [2.24, 2.45) is 4.99 Å². The number of rotatable bonds is 4. The monoisotopic (exact) mass is 377 g/mol. The number of benzene rings is 1. The molecule has 0 aliphatic heterocycles. The molecule has 1 aliphatic carbocycles. The summed E-state index contributed by atoms with van der Waals surface area (Å²) in [7, 11) is 1.76. The Bertz CT molecular complexity index is 436. The van der Waals surface area contributed by atoms with Gasteiger partial charge in [0.2, 0.25) is 0 Å². The Hall–Kier alpha value is -0.850. The minimum atomic E-state index is -0.108. The van der Waals surface area contributed by atoms with Crippen molar-refractivity contribution in [3.05, 3.63) is 35.6 Å². The molecule has 0 amide bonds. The molecular weight excluding hydrogens is 356 g/mol. The fourth-order valence-corrected chi connectivity index (χ4v) is 2.09. The average molecular weight is 377 g/mol. The summed E-state index contributed by atoms with van der Waals surface area (Å²) in [6.07, 6.45) is 2.02. The highest BCUT2D eigenvalue weighted by atomic mass is 127. The molecule has 0 spiro atoms. The first-order valence-electron chi connectivity index (χ1n) is 6.47. The van der Waals surface area contributed by atoms with Gasteiger partial charge in [-0.05, 0) is 24.5 Å². The van der Waals surface area contributed by atoms with E-state index in [4.69, 9.17) is 0 Å². The Balaban J connectivity index is 0.00000180. The van der Waals surface area contributed by atoms with Gasteiger partial charge in [0.1, 0.15) is 5.82 Å². The molecule has 1 saturated carbocycles. The van der Waals surface area contributed by atoms with Gasteiger partial charge < -0.3 is 10.6 Å². The summed E-state index contributed by atoms with van der Waals surface area (Å²) in [5, 5.41) is 6.55. The van der Waals surface area contributed by atoms with Crippen LogP contribution in [0.1, 0.15) is 31.2 Å². The predicted molar refractivity (Wildman–Crippen MR) is 87.7 cm³/mol. The normalized spacial score (nSPS) is 21.5. The molecule has 1 aromatic carbocycles. The van der Waals surface area contributed by atoms with Gasteiger partial charge >= 0.3 is 0 Å². The van der Waals surface area contributed by atoms with Crippen molar-refractivity contribution in [1.29, 1.82) is 0 Å². The molecule has 1 aliphatic rings. The van der Waals surface area contributed by atoms with Gasteiger partial charge in [0.25, 0.3) is 0 Å². The summed E-state index contributed by atoms with van der Waals surface area (Å²) < 4.78 is 13.6. The quantitative estimate of drug-likeness (QED) is 0.481. The lowest BCUT2D eigenvalue weighted by atomic mass is 10.1. The molecule has 2 atom stereocenters. The minimum Gasteiger partial charge on any atom is -0.356 e. The maximum atomic E-state index is 13.6. The Morgan fingerprint density at radius 3 is 2.79 bits per heavy atom. The van der Waals surface area contributed by atoms with Gasteiger partial charge in [0.15, 0.2) is 5.96 Å². The number of hydrogen-bond donors (Lipinski definition) is 2. The van der Waals surface area contributed by atoms with E-state index in [1.54, 1.807) is 13.1 Å². The summed E-state index contributed by atoms with van der Waals surface area (Å²) in [5.74, 6) is 0.968. The van der Waals surface area contributed by atoms with Crippen LogP contribution >= 0.6 is 24.0 Å². The average Bonchev–Trinajstić information content (AvgIpc) is 3.14. The van der Waals surface area contributed by atoms with E-state index in [0.29, 0.717) is 6.04 Å². The van der Waals surface area contributed by atoms with Crippen molar-refractivity contribution in [3.63, 3.8) is 0 Å². The van der Waals surface area contributed by atoms with E-state index >= 15 is 0 Å². The van der Waals surface area contributed by atoms with Gasteiger partial charge in [-0.15, -0.1) is 24.0 Å². The smallest absolute Gasteiger partial charge is 0.191 e. The van der Waals surface area contributed by atoms with E-state index in [1.165, 1.54) is 6.07 Å². The molecule has 19 heavy (non-hydrogen) atoms. The topological polar surface area (TPSA) is 36.4 Å². The second-order valence-electron chi connectivity index (χ2n) is 4.61. The highest BCUT2D eigenvalue weighted by Gasteiger charge is 2.40. The zero-order chi connectivity index (χ0) is 13.0. The molecule has 2 rings (SSSR count). The highest BCUT2D eigenvalue weighted by Crippen LogP contribution is 2.41. The maximum Gasteiger partial charge on any atom is 0.191 e. The lowest BCUT2D eigenvalue weighted by Crippen LogP contribution is -2.39. The van der Waals surface area contributed by atoms with Gasteiger partial charge in [-0.25, -0.2) is 4.39 Å². The third kappa shape index (κ3) is 4.33. The number of aliphatic imine (C=N–C) groups is 1. The first-order valence-corrected chi connectivity index (χ1v) is 6.47. The van der Waals surface area contributed by atoms with Crippen LogP contribution in [0.3, 0.4) is 0 Å². The lowest BCUT2D eigenvalue weighted by Gasteiger charge is -2.11. The molecule has 2 unspecified atom stereocenters. The van der Waals surface area contributed by atoms with E-state index in [9.17, 15) is 4.39 Å². The van der Waals surface area contributed by atoms with Crippen molar-refractivity contribution < 1.29 is 4.39 Å². The van der Waals surface area contributed by atoms with Crippen LogP contribution in [0.2, 0.25) is 0 Å². The number of halogens is 2. The van der Waals surface area contributed by atoms with Crippen LogP contribution in [0.5, 0.6) is 0 Å². The Kier molecular flexibility index (Phi) is 6.54. The molecular formula is C14H21FIN3. The van der Waals surface area contributed by atoms with Crippen LogP contribution in [-0.4, -0.2) is 25.6 Å². The second kappa shape index (κ2) is 7.67. The zero-order valence-corrected chi connectivity index (χ0v) is 13.6. The maximum absolute atomic E-state index is 13.6. The predicted octanol–water partition coefficient (Wildman–Crippen LogP) is 2.87. The Labute approximate surface area is 131 Å². The SMILES string of the molecule is CCCNC(=NC)NC1CC1c1ccccc1F.I.